The van der Waals surface area contributed by atoms with Gasteiger partial charge in [0, 0.05) is 5.69 Å². The van der Waals surface area contributed by atoms with E-state index in [2.05, 4.69) is 15.5 Å². The van der Waals surface area contributed by atoms with E-state index in [1.807, 2.05) is 37.3 Å². The minimum Gasteiger partial charge on any atom is -0.482 e. The van der Waals surface area contributed by atoms with Gasteiger partial charge in [-0.3, -0.25) is 4.79 Å². The maximum absolute atomic E-state index is 12.2. The van der Waals surface area contributed by atoms with Crippen LogP contribution in [0.5, 0.6) is 5.75 Å². The summed E-state index contributed by atoms with van der Waals surface area (Å²) in [6.45, 7) is 1.89. The van der Waals surface area contributed by atoms with Crippen LogP contribution >= 0.6 is 11.6 Å². The number of nitrogens with zero attached hydrogens (tertiary/aromatic N) is 3. The van der Waals surface area contributed by atoms with E-state index >= 15 is 0 Å². The number of anilines is 1. The van der Waals surface area contributed by atoms with Crippen molar-refractivity contribution in [3.05, 3.63) is 77.3 Å². The Morgan fingerprint density at radius 1 is 1.04 bits per heavy atom. The zero-order chi connectivity index (χ0) is 19.5. The smallest absolute Gasteiger partial charge is 0.262 e. The highest BCUT2D eigenvalue weighted by molar-refractivity contribution is 6.32. The third-order valence-electron chi connectivity index (χ3n) is 4.12. The molecule has 0 saturated carbocycles. The lowest BCUT2D eigenvalue weighted by atomic mass is 10.2. The molecule has 0 atom stereocenters. The van der Waals surface area contributed by atoms with Crippen molar-refractivity contribution < 1.29 is 9.53 Å². The molecule has 6 nitrogen and oxygen atoms in total. The van der Waals surface area contributed by atoms with Gasteiger partial charge in [0.25, 0.3) is 5.91 Å². The molecule has 0 unspecified atom stereocenters. The van der Waals surface area contributed by atoms with Crippen LogP contribution < -0.4 is 10.1 Å². The van der Waals surface area contributed by atoms with Crippen LogP contribution in [0.3, 0.4) is 0 Å². The number of carbonyl (C=O) groups excluding carboxylic acids is 1. The maximum atomic E-state index is 12.2. The molecule has 140 valence electrons. The fourth-order valence-electron chi connectivity index (χ4n) is 2.69. The van der Waals surface area contributed by atoms with Crippen molar-refractivity contribution in [1.29, 1.82) is 0 Å². The van der Waals surface area contributed by atoms with Gasteiger partial charge in [0.15, 0.2) is 6.61 Å². The Labute approximate surface area is 166 Å². The molecule has 0 saturated heterocycles. The first-order valence-corrected chi connectivity index (χ1v) is 9.07. The number of hydrogen-bond acceptors (Lipinski definition) is 4. The van der Waals surface area contributed by atoms with Gasteiger partial charge in [-0.05, 0) is 49.4 Å². The second-order valence-electron chi connectivity index (χ2n) is 6.30. The summed E-state index contributed by atoms with van der Waals surface area (Å²) in [5, 5.41) is 12.2. The van der Waals surface area contributed by atoms with Crippen molar-refractivity contribution in [1.82, 2.24) is 15.0 Å². The van der Waals surface area contributed by atoms with Gasteiger partial charge >= 0.3 is 0 Å². The maximum Gasteiger partial charge on any atom is 0.262 e. The molecular weight excluding hydrogens is 376 g/mol. The van der Waals surface area contributed by atoms with E-state index < -0.39 is 0 Å². The van der Waals surface area contributed by atoms with E-state index in [1.54, 1.807) is 41.2 Å². The summed E-state index contributed by atoms with van der Waals surface area (Å²) in [4.78, 5) is 13.8. The molecule has 0 aliphatic rings. The molecule has 0 fully saturated rings. The first-order valence-electron chi connectivity index (χ1n) is 8.70. The fourth-order valence-corrected chi connectivity index (χ4v) is 2.88. The van der Waals surface area contributed by atoms with E-state index in [9.17, 15) is 4.79 Å². The van der Waals surface area contributed by atoms with Gasteiger partial charge in [0.2, 0.25) is 0 Å². The van der Waals surface area contributed by atoms with E-state index in [4.69, 9.17) is 16.3 Å². The largest absolute Gasteiger partial charge is 0.482 e. The van der Waals surface area contributed by atoms with Crippen LogP contribution in [0.4, 0.5) is 5.69 Å². The number of carbonyl (C=O) groups is 1. The minimum absolute atomic E-state index is 0.141. The van der Waals surface area contributed by atoms with Crippen LogP contribution in [0.25, 0.3) is 16.7 Å². The summed E-state index contributed by atoms with van der Waals surface area (Å²) >= 11 is 6.02. The molecule has 28 heavy (non-hydrogen) atoms. The molecule has 0 radical (unpaired) electrons. The van der Waals surface area contributed by atoms with Crippen molar-refractivity contribution in [3.8, 4) is 11.4 Å². The topological polar surface area (TPSA) is 69.0 Å². The molecule has 7 heteroatoms. The Kier molecular flexibility index (Phi) is 4.95. The third-order valence-corrected chi connectivity index (χ3v) is 4.44. The van der Waals surface area contributed by atoms with Gasteiger partial charge in [-0.2, -0.15) is 4.80 Å². The standard InChI is InChI=1S/C21H17ClN4O2/c1-14-6-9-16(10-7-14)26-24-18-11-8-15(12-19(18)25-26)23-21(27)13-28-20-5-3-2-4-17(20)22/h2-12H,13H2,1H3,(H,23,27). The summed E-state index contributed by atoms with van der Waals surface area (Å²) < 4.78 is 5.45. The highest BCUT2D eigenvalue weighted by atomic mass is 35.5. The zero-order valence-corrected chi connectivity index (χ0v) is 15.8. The molecule has 1 amide bonds. The van der Waals surface area contributed by atoms with Crippen LogP contribution in [-0.4, -0.2) is 27.5 Å². The average molecular weight is 393 g/mol. The quantitative estimate of drug-likeness (QED) is 0.546. The summed E-state index contributed by atoms with van der Waals surface area (Å²) in [7, 11) is 0. The van der Waals surface area contributed by atoms with E-state index in [0.29, 0.717) is 22.0 Å². The number of ether oxygens (including phenoxy) is 1. The third kappa shape index (κ3) is 3.97. The van der Waals surface area contributed by atoms with E-state index in [-0.39, 0.29) is 12.5 Å². The predicted molar refractivity (Wildman–Crippen MR) is 109 cm³/mol. The lowest BCUT2D eigenvalue weighted by Crippen LogP contribution is -2.20. The van der Waals surface area contributed by atoms with Gasteiger partial charge in [0.05, 0.1) is 10.7 Å². The molecule has 0 bridgehead atoms. The number of nitrogens with one attached hydrogen (secondary N) is 1. The molecule has 0 spiro atoms. The van der Waals surface area contributed by atoms with Gasteiger partial charge in [-0.1, -0.05) is 41.4 Å². The predicted octanol–water partition coefficient (Wildman–Crippen LogP) is 4.40. The molecule has 3 aromatic carbocycles. The molecule has 1 aromatic heterocycles. The average Bonchev–Trinajstić information content (AvgIpc) is 3.11. The molecule has 0 aliphatic heterocycles. The van der Waals surface area contributed by atoms with Crippen LogP contribution in [0.15, 0.2) is 66.7 Å². The van der Waals surface area contributed by atoms with Crippen molar-refractivity contribution in [2.24, 2.45) is 0 Å². The normalized spacial score (nSPS) is 10.8. The van der Waals surface area contributed by atoms with Gasteiger partial charge in [-0.15, -0.1) is 10.2 Å². The number of rotatable bonds is 5. The number of amides is 1. The summed E-state index contributed by atoms with van der Waals surface area (Å²) in [5.41, 5.74) is 4.09. The first kappa shape index (κ1) is 18.0. The van der Waals surface area contributed by atoms with Crippen molar-refractivity contribution >= 4 is 34.2 Å². The van der Waals surface area contributed by atoms with Gasteiger partial charge < -0.3 is 10.1 Å². The van der Waals surface area contributed by atoms with Crippen LogP contribution in [-0.2, 0) is 4.79 Å². The van der Waals surface area contributed by atoms with Crippen LogP contribution in [0.2, 0.25) is 5.02 Å². The highest BCUT2D eigenvalue weighted by Crippen LogP contribution is 2.23. The summed E-state index contributed by atoms with van der Waals surface area (Å²) in [5.74, 6) is 0.181. The number of aryl methyl sites for hydroxylation is 1. The first-order chi connectivity index (χ1) is 13.6. The van der Waals surface area contributed by atoms with Gasteiger partial charge in [0.1, 0.15) is 16.8 Å². The van der Waals surface area contributed by atoms with Crippen molar-refractivity contribution in [3.63, 3.8) is 0 Å². The lowest BCUT2D eigenvalue weighted by Gasteiger charge is -2.08. The number of hydrogen-bond donors (Lipinski definition) is 1. The SMILES string of the molecule is Cc1ccc(-n2nc3ccc(NC(=O)COc4ccccc4Cl)cc3n2)cc1. The Hall–Kier alpha value is -3.38. The number of para-hydroxylation sites is 1. The summed E-state index contributed by atoms with van der Waals surface area (Å²) in [6, 6.07) is 20.3. The molecule has 1 heterocycles. The Morgan fingerprint density at radius 2 is 1.79 bits per heavy atom. The number of halogens is 1. The summed E-state index contributed by atoms with van der Waals surface area (Å²) in [6.07, 6.45) is 0. The zero-order valence-electron chi connectivity index (χ0n) is 15.1. The second kappa shape index (κ2) is 7.70. The Morgan fingerprint density at radius 3 is 2.57 bits per heavy atom. The molecule has 4 rings (SSSR count). The van der Waals surface area contributed by atoms with Crippen LogP contribution in [0, 0.1) is 6.92 Å². The van der Waals surface area contributed by atoms with E-state index in [1.165, 1.54) is 5.56 Å². The number of fused-ring (bicyclic) bond motifs is 1. The molecular formula is C21H17ClN4O2. The molecule has 0 aliphatic carbocycles. The highest BCUT2D eigenvalue weighted by Gasteiger charge is 2.09. The van der Waals surface area contributed by atoms with Crippen molar-refractivity contribution in [2.45, 2.75) is 6.92 Å². The molecule has 1 N–H and O–H groups in total. The Bertz CT molecular complexity index is 1140. The number of aromatic nitrogens is 3. The van der Waals surface area contributed by atoms with Crippen LogP contribution in [0.1, 0.15) is 5.56 Å². The van der Waals surface area contributed by atoms with Gasteiger partial charge in [-0.25, -0.2) is 0 Å². The monoisotopic (exact) mass is 392 g/mol. The molecule has 4 aromatic rings. The lowest BCUT2D eigenvalue weighted by molar-refractivity contribution is -0.118. The van der Waals surface area contributed by atoms with E-state index in [0.717, 1.165) is 11.2 Å². The Balaban J connectivity index is 1.46. The second-order valence-corrected chi connectivity index (χ2v) is 6.70. The number of benzene rings is 3. The minimum atomic E-state index is -0.287. The van der Waals surface area contributed by atoms with Crippen molar-refractivity contribution in [2.75, 3.05) is 11.9 Å². The fraction of sp³-hybridized carbons (Fsp3) is 0.0952.